The van der Waals surface area contributed by atoms with Crippen LogP contribution in [0.25, 0.3) is 0 Å². The molecule has 0 bridgehead atoms. The minimum Gasteiger partial charge on any atom is -0.375 e. The predicted molar refractivity (Wildman–Crippen MR) is 85.1 cm³/mol. The van der Waals surface area contributed by atoms with Crippen molar-refractivity contribution >= 4 is 29.9 Å². The molecule has 6 heteroatoms. The molecule has 1 aliphatic carbocycles. The standard InChI is InChI=1S/C15H19ClN2O2.ClH/c1-9-14(17-6-7-20-9)15(19)18-13-5-2-10-8-11(16)3-4-12(10)13;/h3-4,8-9,13-14,17H,2,5-7H2,1H3,(H,18,19);1H/t9-,13?,14+;/m1./s1. The van der Waals surface area contributed by atoms with Gasteiger partial charge in [0.2, 0.25) is 5.91 Å². The maximum absolute atomic E-state index is 12.4. The molecule has 116 valence electrons. The number of ether oxygens (including phenoxy) is 1. The summed E-state index contributed by atoms with van der Waals surface area (Å²) in [5.41, 5.74) is 2.43. The topological polar surface area (TPSA) is 50.4 Å². The van der Waals surface area contributed by atoms with Crippen LogP contribution in [0.15, 0.2) is 18.2 Å². The van der Waals surface area contributed by atoms with E-state index in [0.717, 1.165) is 24.4 Å². The van der Waals surface area contributed by atoms with Gasteiger partial charge in [-0.3, -0.25) is 4.79 Å². The number of benzene rings is 1. The number of fused-ring (bicyclic) bond motifs is 1. The van der Waals surface area contributed by atoms with E-state index in [-0.39, 0.29) is 36.5 Å². The fraction of sp³-hybridized carbons (Fsp3) is 0.533. The van der Waals surface area contributed by atoms with Gasteiger partial charge in [0.25, 0.3) is 0 Å². The second-order valence-corrected chi connectivity index (χ2v) is 5.89. The SMILES string of the molecule is C[C@H]1OCCN[C@@H]1C(=O)NC1CCc2cc(Cl)ccc21.Cl. The van der Waals surface area contributed by atoms with E-state index in [1.54, 1.807) is 0 Å². The lowest BCUT2D eigenvalue weighted by Gasteiger charge is -2.30. The summed E-state index contributed by atoms with van der Waals surface area (Å²) < 4.78 is 5.52. The number of carbonyl (C=O) groups excluding carboxylic acids is 1. The Morgan fingerprint density at radius 1 is 1.48 bits per heavy atom. The summed E-state index contributed by atoms with van der Waals surface area (Å²) in [7, 11) is 0. The number of rotatable bonds is 2. The summed E-state index contributed by atoms with van der Waals surface area (Å²) in [6, 6.07) is 5.72. The minimum absolute atomic E-state index is 0. The molecule has 3 atom stereocenters. The normalized spacial score (nSPS) is 27.6. The molecule has 3 rings (SSSR count). The molecule has 1 aliphatic heterocycles. The third kappa shape index (κ3) is 3.51. The van der Waals surface area contributed by atoms with Gasteiger partial charge in [0.15, 0.2) is 0 Å². The number of halogens is 2. The van der Waals surface area contributed by atoms with Crippen molar-refractivity contribution in [2.45, 2.75) is 38.0 Å². The first-order valence-corrected chi connectivity index (χ1v) is 7.46. The van der Waals surface area contributed by atoms with E-state index in [1.807, 2.05) is 25.1 Å². The van der Waals surface area contributed by atoms with Crippen LogP contribution in [0.4, 0.5) is 0 Å². The molecule has 0 aromatic heterocycles. The van der Waals surface area contributed by atoms with Gasteiger partial charge in [0, 0.05) is 11.6 Å². The highest BCUT2D eigenvalue weighted by atomic mass is 35.5. The van der Waals surface area contributed by atoms with Crippen molar-refractivity contribution in [2.24, 2.45) is 0 Å². The highest BCUT2D eigenvalue weighted by molar-refractivity contribution is 6.30. The van der Waals surface area contributed by atoms with Crippen LogP contribution in [0.5, 0.6) is 0 Å². The molecule has 1 unspecified atom stereocenters. The molecule has 0 radical (unpaired) electrons. The van der Waals surface area contributed by atoms with Crippen molar-refractivity contribution in [3.8, 4) is 0 Å². The smallest absolute Gasteiger partial charge is 0.240 e. The fourth-order valence-corrected chi connectivity index (χ4v) is 3.22. The Kier molecular flexibility index (Phi) is 5.49. The van der Waals surface area contributed by atoms with E-state index in [1.165, 1.54) is 11.1 Å². The number of hydrogen-bond acceptors (Lipinski definition) is 3. The van der Waals surface area contributed by atoms with Gasteiger partial charge in [0.05, 0.1) is 18.8 Å². The van der Waals surface area contributed by atoms with E-state index in [0.29, 0.717) is 6.61 Å². The van der Waals surface area contributed by atoms with Crippen LogP contribution in [-0.4, -0.2) is 31.2 Å². The number of morpholine rings is 1. The Hall–Kier alpha value is -0.810. The maximum atomic E-state index is 12.4. The highest BCUT2D eigenvalue weighted by Gasteiger charge is 2.31. The Balaban J connectivity index is 0.00000161. The quantitative estimate of drug-likeness (QED) is 0.874. The Morgan fingerprint density at radius 2 is 2.29 bits per heavy atom. The third-order valence-electron chi connectivity index (χ3n) is 4.10. The second-order valence-electron chi connectivity index (χ2n) is 5.45. The molecule has 1 saturated heterocycles. The van der Waals surface area contributed by atoms with E-state index in [2.05, 4.69) is 10.6 Å². The lowest BCUT2D eigenvalue weighted by Crippen LogP contribution is -2.55. The zero-order valence-electron chi connectivity index (χ0n) is 11.9. The summed E-state index contributed by atoms with van der Waals surface area (Å²) in [5, 5.41) is 7.10. The highest BCUT2D eigenvalue weighted by Crippen LogP contribution is 2.32. The number of amides is 1. The molecule has 21 heavy (non-hydrogen) atoms. The Labute approximate surface area is 136 Å². The Morgan fingerprint density at radius 3 is 3.05 bits per heavy atom. The van der Waals surface area contributed by atoms with Crippen LogP contribution < -0.4 is 10.6 Å². The summed E-state index contributed by atoms with van der Waals surface area (Å²) in [5.74, 6) is 0.0185. The number of aryl methyl sites for hydroxylation is 1. The molecule has 1 heterocycles. The summed E-state index contributed by atoms with van der Waals surface area (Å²) in [6.45, 7) is 3.31. The average Bonchev–Trinajstić information content (AvgIpc) is 2.81. The zero-order valence-corrected chi connectivity index (χ0v) is 13.5. The average molecular weight is 331 g/mol. The monoisotopic (exact) mass is 330 g/mol. The number of carbonyl (C=O) groups is 1. The van der Waals surface area contributed by atoms with Gasteiger partial charge in [-0.05, 0) is 43.0 Å². The van der Waals surface area contributed by atoms with Gasteiger partial charge in [-0.1, -0.05) is 17.7 Å². The van der Waals surface area contributed by atoms with E-state index < -0.39 is 0 Å². The molecule has 2 aliphatic rings. The first-order chi connectivity index (χ1) is 9.65. The van der Waals surface area contributed by atoms with Crippen LogP contribution in [0.3, 0.4) is 0 Å². The van der Waals surface area contributed by atoms with Gasteiger partial charge in [-0.25, -0.2) is 0 Å². The summed E-state index contributed by atoms with van der Waals surface area (Å²) in [4.78, 5) is 12.4. The van der Waals surface area contributed by atoms with Gasteiger partial charge >= 0.3 is 0 Å². The van der Waals surface area contributed by atoms with E-state index in [9.17, 15) is 4.79 Å². The van der Waals surface area contributed by atoms with Crippen LogP contribution in [0.2, 0.25) is 5.02 Å². The summed E-state index contributed by atoms with van der Waals surface area (Å²) >= 11 is 6.00. The molecule has 0 saturated carbocycles. The molecule has 2 N–H and O–H groups in total. The van der Waals surface area contributed by atoms with E-state index >= 15 is 0 Å². The van der Waals surface area contributed by atoms with Crippen molar-refractivity contribution in [1.82, 2.24) is 10.6 Å². The molecule has 0 spiro atoms. The lowest BCUT2D eigenvalue weighted by molar-refractivity contribution is -0.129. The van der Waals surface area contributed by atoms with Crippen LogP contribution in [0.1, 0.15) is 30.5 Å². The molecule has 1 aromatic carbocycles. The third-order valence-corrected chi connectivity index (χ3v) is 4.33. The van der Waals surface area contributed by atoms with Crippen LogP contribution in [-0.2, 0) is 16.0 Å². The van der Waals surface area contributed by atoms with Crippen molar-refractivity contribution in [3.63, 3.8) is 0 Å². The zero-order chi connectivity index (χ0) is 14.1. The predicted octanol–water partition coefficient (Wildman–Crippen LogP) is 2.24. The first-order valence-electron chi connectivity index (χ1n) is 7.09. The molecule has 4 nitrogen and oxygen atoms in total. The van der Waals surface area contributed by atoms with Crippen LogP contribution >= 0.6 is 24.0 Å². The minimum atomic E-state index is -0.264. The van der Waals surface area contributed by atoms with Crippen LogP contribution in [0, 0.1) is 0 Å². The molecule has 1 fully saturated rings. The Bertz CT molecular complexity index is 524. The van der Waals surface area contributed by atoms with Gasteiger partial charge in [-0.15, -0.1) is 12.4 Å². The van der Waals surface area contributed by atoms with Gasteiger partial charge in [-0.2, -0.15) is 0 Å². The first kappa shape index (κ1) is 16.6. The van der Waals surface area contributed by atoms with Crippen molar-refractivity contribution in [1.29, 1.82) is 0 Å². The molecule has 1 amide bonds. The summed E-state index contributed by atoms with van der Waals surface area (Å²) in [6.07, 6.45) is 1.81. The van der Waals surface area contributed by atoms with E-state index in [4.69, 9.17) is 16.3 Å². The fourth-order valence-electron chi connectivity index (χ4n) is 3.02. The lowest BCUT2D eigenvalue weighted by atomic mass is 10.1. The van der Waals surface area contributed by atoms with Crippen molar-refractivity contribution < 1.29 is 9.53 Å². The number of hydrogen-bond donors (Lipinski definition) is 2. The molecule has 1 aromatic rings. The van der Waals surface area contributed by atoms with Crippen molar-refractivity contribution in [3.05, 3.63) is 34.3 Å². The van der Waals surface area contributed by atoms with Crippen molar-refractivity contribution in [2.75, 3.05) is 13.2 Å². The number of nitrogens with one attached hydrogen (secondary N) is 2. The largest absolute Gasteiger partial charge is 0.375 e. The second kappa shape index (κ2) is 6.97. The molecular weight excluding hydrogens is 311 g/mol. The van der Waals surface area contributed by atoms with Gasteiger partial charge in [0.1, 0.15) is 6.04 Å². The molecular formula is C15H20Cl2N2O2. The van der Waals surface area contributed by atoms with Gasteiger partial charge < -0.3 is 15.4 Å². The maximum Gasteiger partial charge on any atom is 0.240 e.